The lowest BCUT2D eigenvalue weighted by molar-refractivity contribution is 0.158. The minimum atomic E-state index is -0.0494. The Morgan fingerprint density at radius 3 is 2.43 bits per heavy atom. The first kappa shape index (κ1) is 16.6. The van der Waals surface area contributed by atoms with Gasteiger partial charge in [-0.15, -0.1) is 0 Å². The maximum atomic E-state index is 9.78. The second-order valence-corrected chi connectivity index (χ2v) is 7.10. The lowest BCUT2D eigenvalue weighted by Gasteiger charge is -2.25. The van der Waals surface area contributed by atoms with Crippen molar-refractivity contribution in [2.45, 2.75) is 51.3 Å². The van der Waals surface area contributed by atoms with Crippen LogP contribution in [0.3, 0.4) is 0 Å². The lowest BCUT2D eigenvalue weighted by atomic mass is 10.0. The van der Waals surface area contributed by atoms with Crippen molar-refractivity contribution in [3.05, 3.63) is 23.8 Å². The summed E-state index contributed by atoms with van der Waals surface area (Å²) in [7, 11) is 3.90. The fraction of sp³-hybridized carbons (Fsp3) is 0.684. The van der Waals surface area contributed by atoms with E-state index in [-0.39, 0.29) is 6.10 Å². The van der Waals surface area contributed by atoms with E-state index < -0.39 is 0 Å². The molecule has 23 heavy (non-hydrogen) atoms. The maximum absolute atomic E-state index is 9.78. The predicted molar refractivity (Wildman–Crippen MR) is 90.9 cm³/mol. The smallest absolute Gasteiger partial charge is 0.161 e. The van der Waals surface area contributed by atoms with Crippen molar-refractivity contribution in [1.82, 2.24) is 4.90 Å². The monoisotopic (exact) mass is 319 g/mol. The summed E-state index contributed by atoms with van der Waals surface area (Å²) in [5.41, 5.74) is 1.25. The van der Waals surface area contributed by atoms with Gasteiger partial charge in [0.2, 0.25) is 0 Å². The van der Waals surface area contributed by atoms with Crippen molar-refractivity contribution in [3.8, 4) is 11.5 Å². The van der Waals surface area contributed by atoms with E-state index in [0.717, 1.165) is 42.7 Å². The minimum absolute atomic E-state index is 0.0494. The van der Waals surface area contributed by atoms with Crippen LogP contribution in [-0.4, -0.2) is 42.9 Å². The first-order valence-electron chi connectivity index (χ1n) is 8.78. The molecule has 0 aromatic heterocycles. The zero-order valence-electron chi connectivity index (χ0n) is 14.5. The molecule has 1 aromatic carbocycles. The number of rotatable bonds is 6. The molecule has 1 aromatic rings. The zero-order chi connectivity index (χ0) is 16.4. The number of hydrogen-bond acceptors (Lipinski definition) is 4. The van der Waals surface area contributed by atoms with Gasteiger partial charge in [-0.3, -0.25) is 4.90 Å². The van der Waals surface area contributed by atoms with E-state index in [1.165, 1.54) is 18.4 Å². The fourth-order valence-electron chi connectivity index (χ4n) is 4.41. The molecule has 2 saturated carbocycles. The first-order chi connectivity index (χ1) is 11.1. The van der Waals surface area contributed by atoms with E-state index in [1.807, 2.05) is 13.0 Å². The largest absolute Gasteiger partial charge is 0.493 e. The number of nitrogens with zero attached hydrogens (tertiary/aromatic N) is 1. The molecule has 0 aliphatic heterocycles. The van der Waals surface area contributed by atoms with E-state index in [2.05, 4.69) is 24.1 Å². The average Bonchev–Trinajstić information content (AvgIpc) is 3.06. The molecule has 4 atom stereocenters. The fourth-order valence-corrected chi connectivity index (χ4v) is 4.41. The van der Waals surface area contributed by atoms with Gasteiger partial charge in [0.05, 0.1) is 19.8 Å². The summed E-state index contributed by atoms with van der Waals surface area (Å²) in [5.74, 6) is 3.08. The average molecular weight is 319 g/mol. The van der Waals surface area contributed by atoms with Gasteiger partial charge >= 0.3 is 0 Å². The Hall–Kier alpha value is -1.26. The lowest BCUT2D eigenvalue weighted by Crippen LogP contribution is -2.29. The maximum Gasteiger partial charge on any atom is 0.161 e. The molecule has 4 heteroatoms. The Kier molecular flexibility index (Phi) is 5.12. The summed E-state index contributed by atoms with van der Waals surface area (Å²) >= 11 is 0. The summed E-state index contributed by atoms with van der Waals surface area (Å²) in [5, 5.41) is 9.78. The van der Waals surface area contributed by atoms with Crippen molar-refractivity contribution in [2.24, 2.45) is 11.8 Å². The predicted octanol–water partition coefficient (Wildman–Crippen LogP) is 3.08. The molecular formula is C19H29NO3. The molecule has 0 amide bonds. The number of aliphatic hydroxyl groups excluding tert-OH is 1. The molecule has 0 heterocycles. The normalized spacial score (nSPS) is 29.8. The molecule has 2 aliphatic carbocycles. The van der Waals surface area contributed by atoms with Crippen LogP contribution >= 0.6 is 0 Å². The third-order valence-corrected chi connectivity index (χ3v) is 5.55. The number of fused-ring (bicyclic) bond motifs is 1. The number of aliphatic hydroxyl groups is 1. The van der Waals surface area contributed by atoms with Gasteiger partial charge in [-0.25, -0.2) is 0 Å². The van der Waals surface area contributed by atoms with Gasteiger partial charge in [0.25, 0.3) is 0 Å². The van der Waals surface area contributed by atoms with Gasteiger partial charge in [-0.2, -0.15) is 0 Å². The van der Waals surface area contributed by atoms with Crippen molar-refractivity contribution in [3.63, 3.8) is 0 Å². The van der Waals surface area contributed by atoms with Gasteiger partial charge in [-0.1, -0.05) is 6.07 Å². The SMILES string of the molecule is CCOc1ccc(CN(C)C2C[C@H]3CC(O)C[C@H]3C2)cc1OC. The van der Waals surface area contributed by atoms with Crippen LogP contribution in [0.5, 0.6) is 11.5 Å². The molecule has 0 radical (unpaired) electrons. The summed E-state index contributed by atoms with van der Waals surface area (Å²) in [6, 6.07) is 6.85. The summed E-state index contributed by atoms with van der Waals surface area (Å²) in [6.07, 6.45) is 4.42. The van der Waals surface area contributed by atoms with Crippen LogP contribution in [0.4, 0.5) is 0 Å². The van der Waals surface area contributed by atoms with Crippen molar-refractivity contribution in [2.75, 3.05) is 20.8 Å². The van der Waals surface area contributed by atoms with Crippen molar-refractivity contribution in [1.29, 1.82) is 0 Å². The standard InChI is InChI=1S/C19H29NO3/c1-4-23-18-6-5-13(7-19(18)22-3)12-20(2)16-8-14-10-17(21)11-15(14)9-16/h5-7,14-17,21H,4,8-12H2,1-3H3/t14-,15+,16?,17?. The van der Waals surface area contributed by atoms with Gasteiger partial charge in [-0.05, 0) is 69.2 Å². The van der Waals surface area contributed by atoms with Crippen LogP contribution in [0.1, 0.15) is 38.2 Å². The highest BCUT2D eigenvalue weighted by atomic mass is 16.5. The van der Waals surface area contributed by atoms with Gasteiger partial charge < -0.3 is 14.6 Å². The molecule has 2 aliphatic rings. The van der Waals surface area contributed by atoms with Gasteiger partial charge in [0, 0.05) is 12.6 Å². The minimum Gasteiger partial charge on any atom is -0.493 e. The molecule has 0 bridgehead atoms. The van der Waals surface area contributed by atoms with Crippen LogP contribution in [0.15, 0.2) is 18.2 Å². The Balaban J connectivity index is 1.61. The quantitative estimate of drug-likeness (QED) is 0.875. The van der Waals surface area contributed by atoms with E-state index >= 15 is 0 Å². The topological polar surface area (TPSA) is 41.9 Å². The van der Waals surface area contributed by atoms with E-state index in [1.54, 1.807) is 7.11 Å². The third kappa shape index (κ3) is 3.64. The van der Waals surface area contributed by atoms with Crippen molar-refractivity contribution < 1.29 is 14.6 Å². The first-order valence-corrected chi connectivity index (χ1v) is 8.78. The molecule has 2 fully saturated rings. The number of hydrogen-bond donors (Lipinski definition) is 1. The second kappa shape index (κ2) is 7.10. The molecule has 0 saturated heterocycles. The van der Waals surface area contributed by atoms with Crippen LogP contribution in [0.2, 0.25) is 0 Å². The highest BCUT2D eigenvalue weighted by Crippen LogP contribution is 2.45. The molecule has 2 unspecified atom stereocenters. The number of benzene rings is 1. The molecular weight excluding hydrogens is 290 g/mol. The van der Waals surface area contributed by atoms with Crippen molar-refractivity contribution >= 4 is 0 Å². The van der Waals surface area contributed by atoms with Crippen LogP contribution < -0.4 is 9.47 Å². The Morgan fingerprint density at radius 2 is 1.83 bits per heavy atom. The van der Waals surface area contributed by atoms with Crippen LogP contribution in [0.25, 0.3) is 0 Å². The highest BCUT2D eigenvalue weighted by molar-refractivity contribution is 5.43. The number of methoxy groups -OCH3 is 1. The van der Waals surface area contributed by atoms with E-state index in [9.17, 15) is 5.11 Å². The van der Waals surface area contributed by atoms with Gasteiger partial charge in [0.15, 0.2) is 11.5 Å². The summed E-state index contributed by atoms with van der Waals surface area (Å²) in [6.45, 7) is 3.55. The van der Waals surface area contributed by atoms with E-state index in [4.69, 9.17) is 9.47 Å². The molecule has 3 rings (SSSR count). The highest BCUT2D eigenvalue weighted by Gasteiger charge is 2.42. The summed E-state index contributed by atoms with van der Waals surface area (Å²) < 4.78 is 11.0. The number of ether oxygens (including phenoxy) is 2. The Morgan fingerprint density at radius 1 is 1.13 bits per heavy atom. The van der Waals surface area contributed by atoms with E-state index in [0.29, 0.717) is 12.6 Å². The Labute approximate surface area is 139 Å². The Bertz CT molecular complexity index is 519. The van der Waals surface area contributed by atoms with Crippen LogP contribution in [0, 0.1) is 11.8 Å². The molecule has 128 valence electrons. The summed E-state index contributed by atoms with van der Waals surface area (Å²) in [4.78, 5) is 2.46. The second-order valence-electron chi connectivity index (χ2n) is 7.10. The zero-order valence-corrected chi connectivity index (χ0v) is 14.5. The van der Waals surface area contributed by atoms with Gasteiger partial charge in [0.1, 0.15) is 0 Å². The molecule has 0 spiro atoms. The third-order valence-electron chi connectivity index (χ3n) is 5.55. The molecule has 1 N–H and O–H groups in total. The molecule has 4 nitrogen and oxygen atoms in total. The van der Waals surface area contributed by atoms with Crippen LogP contribution in [-0.2, 0) is 6.54 Å².